The largest absolute Gasteiger partial charge is 0.495 e. The average molecular weight is 477 g/mol. The Kier molecular flexibility index (Phi) is 7.15. The van der Waals surface area contributed by atoms with Crippen LogP contribution >= 0.6 is 0 Å². The maximum Gasteiger partial charge on any atom is 0.219 e. The standard InChI is InChI=1S/C19H22N2O.C13H10O/c1-16(22)20-12-13-21(14-17-8-4-2-5-9-17)19(15-20)18-10-6-3-7-11-18;1-14-13-11(7-10-8-12(10)13)9-5-3-2-4-6-9/h2-11,19H,12-15H2,1H3;2-8H,1H3. The number of benzene rings is 4. The molecule has 0 spiro atoms. The Morgan fingerprint density at radius 2 is 1.39 bits per heavy atom. The van der Waals surface area contributed by atoms with Crippen LogP contribution in [0.5, 0.6) is 5.75 Å². The van der Waals surface area contributed by atoms with Gasteiger partial charge in [-0.2, -0.15) is 0 Å². The molecular formula is C32H32N2O2. The van der Waals surface area contributed by atoms with Gasteiger partial charge in [-0.25, -0.2) is 0 Å². The fourth-order valence-electron chi connectivity index (χ4n) is 4.96. The number of hydrogen-bond acceptors (Lipinski definition) is 3. The van der Waals surface area contributed by atoms with Gasteiger partial charge in [-0.15, -0.1) is 0 Å². The van der Waals surface area contributed by atoms with E-state index in [-0.39, 0.29) is 11.9 Å². The van der Waals surface area contributed by atoms with E-state index in [2.05, 4.69) is 77.7 Å². The summed E-state index contributed by atoms with van der Waals surface area (Å²) in [4.78, 5) is 16.2. The molecule has 182 valence electrons. The zero-order chi connectivity index (χ0) is 24.9. The van der Waals surface area contributed by atoms with Crippen LogP contribution in [0.15, 0.2) is 103 Å². The van der Waals surface area contributed by atoms with Crippen LogP contribution in [0.4, 0.5) is 0 Å². The van der Waals surface area contributed by atoms with Gasteiger partial charge in [0.2, 0.25) is 5.91 Å². The van der Waals surface area contributed by atoms with Gasteiger partial charge in [0.1, 0.15) is 5.75 Å². The number of amides is 1. The predicted molar refractivity (Wildman–Crippen MR) is 146 cm³/mol. The molecule has 0 aromatic heterocycles. The van der Waals surface area contributed by atoms with Gasteiger partial charge in [0.25, 0.3) is 0 Å². The van der Waals surface area contributed by atoms with Crippen LogP contribution in [-0.2, 0) is 11.3 Å². The Labute approximate surface area is 213 Å². The minimum Gasteiger partial charge on any atom is -0.495 e. The molecule has 3 aliphatic rings. The van der Waals surface area contributed by atoms with Crippen molar-refractivity contribution in [3.63, 3.8) is 0 Å². The van der Waals surface area contributed by atoms with Crippen LogP contribution in [-0.4, -0.2) is 42.5 Å². The molecule has 1 fully saturated rings. The highest BCUT2D eigenvalue weighted by Crippen LogP contribution is 2.50. The summed E-state index contributed by atoms with van der Waals surface area (Å²) in [7, 11) is 1.73. The summed E-state index contributed by atoms with van der Waals surface area (Å²) >= 11 is 0. The van der Waals surface area contributed by atoms with Gasteiger partial charge >= 0.3 is 0 Å². The molecule has 3 aromatic rings. The number of piperazine rings is 1. The molecule has 1 unspecified atom stereocenters. The highest BCUT2D eigenvalue weighted by Gasteiger charge is 2.29. The van der Waals surface area contributed by atoms with E-state index in [0.717, 1.165) is 31.9 Å². The van der Waals surface area contributed by atoms with Gasteiger partial charge in [0.05, 0.1) is 13.2 Å². The fourth-order valence-corrected chi connectivity index (χ4v) is 4.96. The van der Waals surface area contributed by atoms with Crippen LogP contribution < -0.4 is 4.74 Å². The van der Waals surface area contributed by atoms with E-state index in [1.54, 1.807) is 14.0 Å². The van der Waals surface area contributed by atoms with E-state index in [4.69, 9.17) is 4.74 Å². The van der Waals surface area contributed by atoms with Crippen molar-refractivity contribution in [3.8, 4) is 28.0 Å². The number of hydrogen-bond donors (Lipinski definition) is 0. The number of ether oxygens (including phenoxy) is 1. The van der Waals surface area contributed by atoms with Gasteiger partial charge in [-0.05, 0) is 34.4 Å². The van der Waals surface area contributed by atoms with Gasteiger partial charge in [0, 0.05) is 44.2 Å². The first-order chi connectivity index (χ1) is 17.6. The van der Waals surface area contributed by atoms with Crippen LogP contribution in [0.25, 0.3) is 22.3 Å². The number of methoxy groups -OCH3 is 1. The van der Waals surface area contributed by atoms with Crippen molar-refractivity contribution < 1.29 is 9.53 Å². The first-order valence-corrected chi connectivity index (χ1v) is 12.5. The van der Waals surface area contributed by atoms with Crippen molar-refractivity contribution >= 4 is 5.91 Å². The number of carbonyl (C=O) groups excluding carboxylic acids is 1. The lowest BCUT2D eigenvalue weighted by molar-refractivity contribution is -0.132. The normalized spacial score (nSPS) is 16.1. The van der Waals surface area contributed by atoms with E-state index >= 15 is 0 Å². The molecule has 1 heterocycles. The first kappa shape index (κ1) is 23.8. The van der Waals surface area contributed by atoms with Gasteiger partial charge in [-0.1, -0.05) is 91.0 Å². The Morgan fingerprint density at radius 3 is 2.00 bits per heavy atom. The summed E-state index contributed by atoms with van der Waals surface area (Å²) in [6.45, 7) is 5.08. The molecule has 0 radical (unpaired) electrons. The summed E-state index contributed by atoms with van der Waals surface area (Å²) in [6.07, 6.45) is 0. The third-order valence-electron chi connectivity index (χ3n) is 6.95. The van der Waals surface area contributed by atoms with E-state index in [1.807, 2.05) is 35.2 Å². The highest BCUT2D eigenvalue weighted by molar-refractivity contribution is 5.97. The molecule has 1 saturated heterocycles. The number of carbonyl (C=O) groups is 1. The molecule has 3 aromatic carbocycles. The second-order valence-electron chi connectivity index (χ2n) is 9.32. The van der Waals surface area contributed by atoms with Crippen molar-refractivity contribution in [1.29, 1.82) is 0 Å². The Balaban J connectivity index is 0.000000163. The Bertz CT molecular complexity index is 1310. The number of rotatable bonds is 5. The molecule has 6 rings (SSSR count). The van der Waals surface area contributed by atoms with Crippen molar-refractivity contribution in [3.05, 3.63) is 114 Å². The first-order valence-electron chi connectivity index (χ1n) is 12.5. The predicted octanol–water partition coefficient (Wildman–Crippen LogP) is 6.43. The monoisotopic (exact) mass is 476 g/mol. The maximum atomic E-state index is 11.7. The van der Waals surface area contributed by atoms with Crippen molar-refractivity contribution in [2.24, 2.45) is 0 Å². The van der Waals surface area contributed by atoms with Crippen molar-refractivity contribution in [2.45, 2.75) is 19.5 Å². The number of fused-ring (bicyclic) bond motifs is 1. The van der Waals surface area contributed by atoms with E-state index < -0.39 is 0 Å². The molecule has 0 saturated carbocycles. The topological polar surface area (TPSA) is 32.8 Å². The van der Waals surface area contributed by atoms with Crippen molar-refractivity contribution in [1.82, 2.24) is 9.80 Å². The zero-order valence-electron chi connectivity index (χ0n) is 20.9. The summed E-state index contributed by atoms with van der Waals surface area (Å²) < 4.78 is 5.39. The summed E-state index contributed by atoms with van der Waals surface area (Å²) in [5.41, 5.74) is 7.63. The van der Waals surface area contributed by atoms with Crippen LogP contribution in [0.1, 0.15) is 24.1 Å². The van der Waals surface area contributed by atoms with E-state index in [0.29, 0.717) is 0 Å². The summed E-state index contributed by atoms with van der Waals surface area (Å²) in [5.74, 6) is 1.19. The third-order valence-corrected chi connectivity index (χ3v) is 6.95. The lowest BCUT2D eigenvalue weighted by Crippen LogP contribution is -2.49. The summed E-state index contributed by atoms with van der Waals surface area (Å²) in [5, 5.41) is 0. The lowest BCUT2D eigenvalue weighted by Gasteiger charge is -2.41. The Hall–Kier alpha value is -3.89. The SMILES string of the molecule is CC(=O)N1CCN(Cc2ccccc2)C(c2ccccc2)C1.COc1c(-c2ccccc2)cc2cc1-2. The van der Waals surface area contributed by atoms with Crippen LogP contribution in [0, 0.1) is 0 Å². The summed E-state index contributed by atoms with van der Waals surface area (Å²) in [6, 6.07) is 36.0. The molecular weight excluding hydrogens is 444 g/mol. The lowest BCUT2D eigenvalue weighted by atomic mass is 10.0. The van der Waals surface area contributed by atoms with Gasteiger partial charge < -0.3 is 9.64 Å². The minimum atomic E-state index is 0.167. The second kappa shape index (κ2) is 10.8. The third kappa shape index (κ3) is 5.34. The molecule has 0 bridgehead atoms. The van der Waals surface area contributed by atoms with Gasteiger partial charge in [0.15, 0.2) is 0 Å². The highest BCUT2D eigenvalue weighted by atomic mass is 16.5. The number of nitrogens with zero attached hydrogens (tertiary/aromatic N) is 2. The van der Waals surface area contributed by atoms with Crippen LogP contribution in [0.2, 0.25) is 0 Å². The van der Waals surface area contributed by atoms with Crippen LogP contribution in [0.3, 0.4) is 0 Å². The smallest absolute Gasteiger partial charge is 0.219 e. The second-order valence-corrected chi connectivity index (χ2v) is 9.32. The molecule has 1 atom stereocenters. The minimum absolute atomic E-state index is 0.167. The molecule has 1 aliphatic heterocycles. The average Bonchev–Trinajstić information content (AvgIpc) is 3.60. The molecule has 2 aliphatic carbocycles. The van der Waals surface area contributed by atoms with E-state index in [1.165, 1.54) is 33.4 Å². The van der Waals surface area contributed by atoms with E-state index in [9.17, 15) is 4.79 Å². The maximum absolute atomic E-state index is 11.7. The molecule has 0 N–H and O–H groups in total. The Morgan fingerprint density at radius 1 is 0.806 bits per heavy atom. The molecule has 36 heavy (non-hydrogen) atoms. The molecule has 4 nitrogen and oxygen atoms in total. The molecule has 4 heteroatoms. The fraction of sp³-hybridized carbons (Fsp3) is 0.219. The quantitative estimate of drug-likeness (QED) is 0.293. The zero-order valence-corrected chi connectivity index (χ0v) is 20.9. The van der Waals surface area contributed by atoms with Crippen molar-refractivity contribution in [2.75, 3.05) is 26.7 Å². The van der Waals surface area contributed by atoms with Gasteiger partial charge in [-0.3, -0.25) is 9.69 Å². The molecule has 1 amide bonds.